The van der Waals surface area contributed by atoms with Crippen LogP contribution in [0, 0.1) is 0 Å². The molecule has 2 rings (SSSR count). The second-order valence-corrected chi connectivity index (χ2v) is 4.37. The molecule has 0 aliphatic heterocycles. The van der Waals surface area contributed by atoms with Crippen LogP contribution in [0.5, 0.6) is 0 Å². The molecule has 0 radical (unpaired) electrons. The summed E-state index contributed by atoms with van der Waals surface area (Å²) in [5.74, 6) is 0. The van der Waals surface area contributed by atoms with E-state index in [2.05, 4.69) is 26.3 Å². The Morgan fingerprint density at radius 3 is 3.17 bits per heavy atom. The van der Waals surface area contributed by atoms with Gasteiger partial charge < -0.3 is 10.7 Å². The lowest BCUT2D eigenvalue weighted by molar-refractivity contribution is 0.977. The minimum atomic E-state index is 0.711. The number of rotatable bonds is 2. The fourth-order valence-corrected chi connectivity index (χ4v) is 2.94. The average molecular weight is 245 g/mol. The highest BCUT2D eigenvalue weighted by Crippen LogP contribution is 2.31. The van der Waals surface area contributed by atoms with Gasteiger partial charge in [-0.3, -0.25) is 0 Å². The first-order chi connectivity index (χ1) is 5.83. The first-order valence-electron chi connectivity index (χ1n) is 3.76. The first-order valence-corrected chi connectivity index (χ1v) is 5.43. The van der Waals surface area contributed by atoms with Gasteiger partial charge in [0.1, 0.15) is 0 Å². The Morgan fingerprint density at radius 2 is 2.42 bits per heavy atom. The van der Waals surface area contributed by atoms with Crippen LogP contribution in [0.15, 0.2) is 16.0 Å². The molecule has 12 heavy (non-hydrogen) atoms. The van der Waals surface area contributed by atoms with Crippen LogP contribution < -0.4 is 5.73 Å². The number of fused-ring (bicyclic) bond motifs is 1. The Labute approximate surface area is 82.9 Å². The van der Waals surface area contributed by atoms with Crippen LogP contribution in [0.1, 0.15) is 5.56 Å². The van der Waals surface area contributed by atoms with Gasteiger partial charge in [-0.05, 0) is 34.5 Å². The molecular weight excluding hydrogens is 236 g/mol. The number of nitrogens with one attached hydrogen (secondary N) is 1. The maximum absolute atomic E-state index is 5.50. The minimum absolute atomic E-state index is 0.711. The lowest BCUT2D eigenvalue weighted by atomic mass is 10.2. The minimum Gasteiger partial charge on any atom is -0.359 e. The van der Waals surface area contributed by atoms with E-state index in [1.54, 1.807) is 11.3 Å². The topological polar surface area (TPSA) is 41.8 Å². The summed E-state index contributed by atoms with van der Waals surface area (Å²) in [5, 5.41) is 2.10. The molecule has 0 saturated heterocycles. The van der Waals surface area contributed by atoms with E-state index in [1.807, 2.05) is 6.20 Å². The molecule has 2 aromatic rings. The summed E-state index contributed by atoms with van der Waals surface area (Å²) in [6.45, 7) is 0.711. The monoisotopic (exact) mass is 244 g/mol. The van der Waals surface area contributed by atoms with E-state index in [1.165, 1.54) is 15.8 Å². The number of H-pyrrole nitrogens is 1. The van der Waals surface area contributed by atoms with Crippen molar-refractivity contribution >= 4 is 37.5 Å². The van der Waals surface area contributed by atoms with E-state index in [0.29, 0.717) is 6.54 Å². The van der Waals surface area contributed by atoms with Crippen molar-refractivity contribution < 1.29 is 0 Å². The van der Waals surface area contributed by atoms with Gasteiger partial charge in [0.05, 0.1) is 14.7 Å². The summed E-state index contributed by atoms with van der Waals surface area (Å²) in [7, 11) is 0. The lowest BCUT2D eigenvalue weighted by Crippen LogP contribution is -2.01. The van der Waals surface area contributed by atoms with Crippen LogP contribution in [0.3, 0.4) is 0 Å². The zero-order valence-electron chi connectivity index (χ0n) is 6.43. The fraction of sp³-hybridized carbons (Fsp3) is 0.250. The van der Waals surface area contributed by atoms with Crippen molar-refractivity contribution in [2.75, 3.05) is 6.54 Å². The summed E-state index contributed by atoms with van der Waals surface area (Å²) in [6, 6.07) is 0. The van der Waals surface area contributed by atoms with Crippen molar-refractivity contribution in [3.8, 4) is 0 Å². The predicted molar refractivity (Wildman–Crippen MR) is 56.6 cm³/mol. The molecule has 2 aromatic heterocycles. The van der Waals surface area contributed by atoms with Crippen LogP contribution in [0.25, 0.3) is 10.2 Å². The highest BCUT2D eigenvalue weighted by molar-refractivity contribution is 9.10. The van der Waals surface area contributed by atoms with Gasteiger partial charge in [-0.15, -0.1) is 11.3 Å². The molecule has 2 nitrogen and oxygen atoms in total. The number of hydrogen-bond donors (Lipinski definition) is 2. The number of nitrogens with two attached hydrogens (primary N) is 1. The molecule has 4 heteroatoms. The summed E-state index contributed by atoms with van der Waals surface area (Å²) in [4.78, 5) is 3.23. The number of halogens is 1. The van der Waals surface area contributed by atoms with Crippen molar-refractivity contribution in [2.45, 2.75) is 6.42 Å². The molecule has 0 aromatic carbocycles. The number of aromatic nitrogens is 1. The van der Waals surface area contributed by atoms with Gasteiger partial charge >= 0.3 is 0 Å². The Bertz CT molecular complexity index is 391. The van der Waals surface area contributed by atoms with E-state index in [0.717, 1.165) is 10.9 Å². The van der Waals surface area contributed by atoms with Gasteiger partial charge in [0.2, 0.25) is 0 Å². The molecule has 0 bridgehead atoms. The Hall–Kier alpha value is -0.320. The zero-order chi connectivity index (χ0) is 8.55. The summed E-state index contributed by atoms with van der Waals surface area (Å²) in [6.07, 6.45) is 2.99. The van der Waals surface area contributed by atoms with Gasteiger partial charge in [-0.1, -0.05) is 0 Å². The van der Waals surface area contributed by atoms with E-state index in [-0.39, 0.29) is 0 Å². The van der Waals surface area contributed by atoms with E-state index < -0.39 is 0 Å². The normalized spacial score (nSPS) is 11.2. The van der Waals surface area contributed by atoms with Crippen molar-refractivity contribution in [3.63, 3.8) is 0 Å². The summed E-state index contributed by atoms with van der Waals surface area (Å²) >= 11 is 5.23. The zero-order valence-corrected chi connectivity index (χ0v) is 8.83. The lowest BCUT2D eigenvalue weighted by Gasteiger charge is -1.89. The van der Waals surface area contributed by atoms with Crippen molar-refractivity contribution in [3.05, 3.63) is 21.6 Å². The third-order valence-electron chi connectivity index (χ3n) is 1.84. The molecule has 0 fully saturated rings. The molecule has 0 atom stereocenters. The molecule has 0 amide bonds. The third-order valence-corrected chi connectivity index (χ3v) is 3.83. The second-order valence-electron chi connectivity index (χ2n) is 2.64. The van der Waals surface area contributed by atoms with Gasteiger partial charge in [0.25, 0.3) is 0 Å². The van der Waals surface area contributed by atoms with Gasteiger partial charge in [0.15, 0.2) is 0 Å². The molecule has 0 aliphatic carbocycles. The van der Waals surface area contributed by atoms with Crippen LogP contribution >= 0.6 is 27.3 Å². The quantitative estimate of drug-likeness (QED) is 0.838. The Balaban J connectivity index is 2.55. The fourth-order valence-electron chi connectivity index (χ4n) is 1.27. The molecule has 0 saturated carbocycles. The average Bonchev–Trinajstić information content (AvgIpc) is 2.58. The summed E-state index contributed by atoms with van der Waals surface area (Å²) in [5.41, 5.74) is 8.02. The third kappa shape index (κ3) is 1.20. The van der Waals surface area contributed by atoms with Crippen LogP contribution in [-0.4, -0.2) is 11.5 Å². The van der Waals surface area contributed by atoms with Gasteiger partial charge in [-0.2, -0.15) is 0 Å². The maximum Gasteiger partial charge on any atom is 0.0710 e. The number of hydrogen-bond acceptors (Lipinski definition) is 2. The van der Waals surface area contributed by atoms with Crippen LogP contribution in [0.4, 0.5) is 0 Å². The van der Waals surface area contributed by atoms with Crippen LogP contribution in [-0.2, 0) is 6.42 Å². The van der Waals surface area contributed by atoms with Crippen LogP contribution in [0.2, 0.25) is 0 Å². The maximum atomic E-state index is 5.50. The smallest absolute Gasteiger partial charge is 0.0710 e. The largest absolute Gasteiger partial charge is 0.359 e. The number of thiophene rings is 1. The SMILES string of the molecule is NCCc1c[nH]c2c(Br)csc12. The highest BCUT2D eigenvalue weighted by Gasteiger charge is 2.07. The second kappa shape index (κ2) is 3.20. The predicted octanol–water partition coefficient (Wildman–Crippen LogP) is 2.49. The van der Waals surface area contributed by atoms with Crippen molar-refractivity contribution in [1.29, 1.82) is 0 Å². The molecule has 2 heterocycles. The highest BCUT2D eigenvalue weighted by atomic mass is 79.9. The van der Waals surface area contributed by atoms with Crippen molar-refractivity contribution in [2.24, 2.45) is 5.73 Å². The van der Waals surface area contributed by atoms with E-state index >= 15 is 0 Å². The van der Waals surface area contributed by atoms with Gasteiger partial charge in [-0.25, -0.2) is 0 Å². The molecular formula is C8H9BrN2S. The molecule has 3 N–H and O–H groups in total. The standard InChI is InChI=1S/C8H9BrN2S/c9-6-4-12-8-5(1-2-10)3-11-7(6)8/h3-4,11H,1-2,10H2. The number of aromatic amines is 1. The van der Waals surface area contributed by atoms with E-state index in [4.69, 9.17) is 5.73 Å². The molecule has 0 aliphatic rings. The van der Waals surface area contributed by atoms with Gasteiger partial charge in [0, 0.05) is 11.6 Å². The summed E-state index contributed by atoms with van der Waals surface area (Å²) < 4.78 is 2.47. The van der Waals surface area contributed by atoms with E-state index in [9.17, 15) is 0 Å². The van der Waals surface area contributed by atoms with Crippen molar-refractivity contribution in [1.82, 2.24) is 4.98 Å². The Morgan fingerprint density at radius 1 is 1.58 bits per heavy atom. The molecule has 64 valence electrons. The molecule has 0 spiro atoms. The first kappa shape index (κ1) is 8.29. The Kier molecular flexibility index (Phi) is 2.21. The molecule has 0 unspecified atom stereocenters.